The van der Waals surface area contributed by atoms with Crippen LogP contribution in [0.25, 0.3) is 10.9 Å². The van der Waals surface area contributed by atoms with E-state index in [1.165, 1.54) is 5.69 Å². The van der Waals surface area contributed by atoms with E-state index in [4.69, 9.17) is 5.73 Å². The number of aromatic nitrogens is 4. The van der Waals surface area contributed by atoms with E-state index in [9.17, 15) is 0 Å². The van der Waals surface area contributed by atoms with Gasteiger partial charge in [0.15, 0.2) is 5.82 Å². The lowest BCUT2D eigenvalue weighted by Crippen LogP contribution is -2.07. The highest BCUT2D eigenvalue weighted by molar-refractivity contribution is 5.88. The number of para-hydroxylation sites is 1. The van der Waals surface area contributed by atoms with Crippen molar-refractivity contribution in [1.29, 1.82) is 0 Å². The van der Waals surface area contributed by atoms with Crippen LogP contribution in [-0.4, -0.2) is 19.6 Å². The number of hydrogen-bond acceptors (Lipinski definition) is 3. The zero-order valence-electron chi connectivity index (χ0n) is 10.2. The Labute approximate surface area is 105 Å². The largest absolute Gasteiger partial charge is 0.382 e. The summed E-state index contributed by atoms with van der Waals surface area (Å²) >= 11 is 0. The molecule has 0 saturated carbocycles. The summed E-state index contributed by atoms with van der Waals surface area (Å²) in [5, 5.41) is 9.56. The minimum absolute atomic E-state index is 0.593. The topological polar surface area (TPSA) is 61.7 Å². The molecule has 0 aliphatic heterocycles. The fourth-order valence-electron chi connectivity index (χ4n) is 2.19. The van der Waals surface area contributed by atoms with Crippen molar-refractivity contribution in [3.63, 3.8) is 0 Å². The van der Waals surface area contributed by atoms with Crippen molar-refractivity contribution >= 4 is 16.7 Å². The molecule has 1 aromatic carbocycles. The number of nitrogens with zero attached hydrogens (tertiary/aromatic N) is 4. The van der Waals surface area contributed by atoms with Gasteiger partial charge < -0.3 is 5.73 Å². The average Bonchev–Trinajstić information content (AvgIpc) is 2.92. The summed E-state index contributed by atoms with van der Waals surface area (Å²) in [4.78, 5) is 0. The van der Waals surface area contributed by atoms with Crippen molar-refractivity contribution in [3.05, 3.63) is 42.2 Å². The van der Waals surface area contributed by atoms with Gasteiger partial charge in [0.25, 0.3) is 0 Å². The molecule has 0 unspecified atom stereocenters. The van der Waals surface area contributed by atoms with Crippen LogP contribution < -0.4 is 5.73 Å². The number of nitrogens with two attached hydrogens (primary N) is 1. The highest BCUT2D eigenvalue weighted by Gasteiger charge is 2.07. The van der Waals surface area contributed by atoms with E-state index >= 15 is 0 Å². The van der Waals surface area contributed by atoms with Crippen LogP contribution in [0.3, 0.4) is 0 Å². The third kappa shape index (κ3) is 1.73. The van der Waals surface area contributed by atoms with Crippen molar-refractivity contribution < 1.29 is 0 Å². The first-order valence-electron chi connectivity index (χ1n) is 5.93. The molecule has 0 amide bonds. The molecular formula is C13H15N5. The van der Waals surface area contributed by atoms with Gasteiger partial charge in [-0.2, -0.15) is 10.2 Å². The van der Waals surface area contributed by atoms with Gasteiger partial charge in [0, 0.05) is 37.3 Å². The molecule has 5 nitrogen and oxygen atoms in total. The lowest BCUT2D eigenvalue weighted by Gasteiger charge is -2.04. The van der Waals surface area contributed by atoms with Crippen LogP contribution >= 0.6 is 0 Å². The van der Waals surface area contributed by atoms with Gasteiger partial charge in [0.2, 0.25) is 0 Å². The molecule has 0 spiro atoms. The first-order chi connectivity index (χ1) is 8.75. The van der Waals surface area contributed by atoms with Gasteiger partial charge in [-0.15, -0.1) is 0 Å². The third-order valence-electron chi connectivity index (χ3n) is 3.19. The summed E-state index contributed by atoms with van der Waals surface area (Å²) in [6.07, 6.45) is 2.70. The Morgan fingerprint density at radius 1 is 1.22 bits per heavy atom. The third-order valence-corrected chi connectivity index (χ3v) is 3.19. The number of fused-ring (bicyclic) bond motifs is 1. The van der Waals surface area contributed by atoms with Crippen LogP contribution in [0.15, 0.2) is 36.5 Å². The van der Waals surface area contributed by atoms with E-state index < -0.39 is 0 Å². The molecule has 0 aliphatic carbocycles. The minimum Gasteiger partial charge on any atom is -0.382 e. The number of nitrogen functional groups attached to an aromatic ring is 1. The van der Waals surface area contributed by atoms with Crippen LogP contribution in [0.1, 0.15) is 5.69 Å². The summed E-state index contributed by atoms with van der Waals surface area (Å²) in [6.45, 7) is 0.803. The van der Waals surface area contributed by atoms with Crippen molar-refractivity contribution in [1.82, 2.24) is 19.6 Å². The summed E-state index contributed by atoms with van der Waals surface area (Å²) < 4.78 is 3.84. The molecule has 0 radical (unpaired) electrons. The van der Waals surface area contributed by atoms with Crippen LogP contribution in [0, 0.1) is 0 Å². The fourth-order valence-corrected chi connectivity index (χ4v) is 2.19. The maximum absolute atomic E-state index is 5.91. The second-order valence-electron chi connectivity index (χ2n) is 4.32. The predicted molar refractivity (Wildman–Crippen MR) is 71.1 cm³/mol. The second kappa shape index (κ2) is 4.18. The molecular weight excluding hydrogens is 226 g/mol. The van der Waals surface area contributed by atoms with Gasteiger partial charge in [-0.25, -0.2) is 0 Å². The van der Waals surface area contributed by atoms with Gasteiger partial charge >= 0.3 is 0 Å². The molecule has 2 N–H and O–H groups in total. The van der Waals surface area contributed by atoms with E-state index in [0.717, 1.165) is 23.9 Å². The fraction of sp³-hybridized carbons (Fsp3) is 0.231. The van der Waals surface area contributed by atoms with Crippen LogP contribution in [0.4, 0.5) is 5.82 Å². The molecule has 0 atom stereocenters. The number of rotatable bonds is 3. The highest BCUT2D eigenvalue weighted by Crippen LogP contribution is 2.20. The van der Waals surface area contributed by atoms with Crippen LogP contribution in [-0.2, 0) is 20.0 Å². The van der Waals surface area contributed by atoms with E-state index in [-0.39, 0.29) is 0 Å². The van der Waals surface area contributed by atoms with Gasteiger partial charge in [-0.3, -0.25) is 9.36 Å². The van der Waals surface area contributed by atoms with Crippen molar-refractivity contribution in [2.45, 2.75) is 13.0 Å². The SMILES string of the molecule is Cn1nccc1CCn1nc(N)c2ccccc21. The van der Waals surface area contributed by atoms with E-state index in [1.54, 1.807) is 0 Å². The highest BCUT2D eigenvalue weighted by atomic mass is 15.3. The van der Waals surface area contributed by atoms with Gasteiger partial charge in [-0.1, -0.05) is 12.1 Å². The summed E-state index contributed by atoms with van der Waals surface area (Å²) in [5.41, 5.74) is 8.18. The Morgan fingerprint density at radius 3 is 2.83 bits per heavy atom. The number of anilines is 1. The van der Waals surface area contributed by atoms with E-state index in [0.29, 0.717) is 5.82 Å². The van der Waals surface area contributed by atoms with Gasteiger partial charge in [-0.05, 0) is 18.2 Å². The first kappa shape index (κ1) is 10.8. The second-order valence-corrected chi connectivity index (χ2v) is 4.32. The number of aryl methyl sites for hydroxylation is 3. The van der Waals surface area contributed by atoms with E-state index in [1.807, 2.05) is 52.9 Å². The molecule has 0 aliphatic rings. The zero-order valence-corrected chi connectivity index (χ0v) is 10.2. The Bertz CT molecular complexity index is 680. The molecule has 2 aromatic heterocycles. The molecule has 3 rings (SSSR count). The first-order valence-corrected chi connectivity index (χ1v) is 5.93. The monoisotopic (exact) mass is 241 g/mol. The number of hydrogen-bond donors (Lipinski definition) is 1. The number of benzene rings is 1. The van der Waals surface area contributed by atoms with Crippen LogP contribution in [0.2, 0.25) is 0 Å². The standard InChI is InChI=1S/C13H15N5/c1-17-10(6-8-15-17)7-9-18-12-5-3-2-4-11(12)13(14)16-18/h2-6,8H,7,9H2,1H3,(H2,14,16). The normalized spacial score (nSPS) is 11.2. The lowest BCUT2D eigenvalue weighted by atomic mass is 10.2. The van der Waals surface area contributed by atoms with Crippen molar-refractivity contribution in [2.24, 2.45) is 7.05 Å². The molecule has 0 bridgehead atoms. The summed E-state index contributed by atoms with van der Waals surface area (Å²) in [6, 6.07) is 10.0. The summed E-state index contributed by atoms with van der Waals surface area (Å²) in [7, 11) is 1.95. The Morgan fingerprint density at radius 2 is 2.06 bits per heavy atom. The summed E-state index contributed by atoms with van der Waals surface area (Å²) in [5.74, 6) is 0.593. The zero-order chi connectivity index (χ0) is 12.5. The van der Waals surface area contributed by atoms with Crippen molar-refractivity contribution in [2.75, 3.05) is 5.73 Å². The maximum atomic E-state index is 5.91. The van der Waals surface area contributed by atoms with Gasteiger partial charge in [0.05, 0.1) is 5.52 Å². The molecule has 92 valence electrons. The molecule has 18 heavy (non-hydrogen) atoms. The Hall–Kier alpha value is -2.30. The average molecular weight is 241 g/mol. The molecule has 2 heterocycles. The maximum Gasteiger partial charge on any atom is 0.153 e. The molecule has 0 fully saturated rings. The van der Waals surface area contributed by atoms with Gasteiger partial charge in [0.1, 0.15) is 0 Å². The van der Waals surface area contributed by atoms with Crippen molar-refractivity contribution in [3.8, 4) is 0 Å². The van der Waals surface area contributed by atoms with E-state index in [2.05, 4.69) is 10.2 Å². The Balaban J connectivity index is 1.89. The Kier molecular flexibility index (Phi) is 2.51. The quantitative estimate of drug-likeness (QED) is 0.757. The lowest BCUT2D eigenvalue weighted by molar-refractivity contribution is 0.603. The molecule has 3 aromatic rings. The molecule has 5 heteroatoms. The minimum atomic E-state index is 0.593. The van der Waals surface area contributed by atoms with Crippen LogP contribution in [0.5, 0.6) is 0 Å². The predicted octanol–water partition coefficient (Wildman–Crippen LogP) is 1.59. The smallest absolute Gasteiger partial charge is 0.153 e. The molecule has 0 saturated heterocycles.